The first-order valence-corrected chi connectivity index (χ1v) is 15.7. The summed E-state index contributed by atoms with van der Waals surface area (Å²) in [6.07, 6.45) is 0. The Kier molecular flexibility index (Phi) is 5.81. The number of thiophene rings is 2. The van der Waals surface area contributed by atoms with Gasteiger partial charge in [0.2, 0.25) is 0 Å². The number of fused-ring (bicyclic) bond motifs is 3. The Labute approximate surface area is 252 Å². The van der Waals surface area contributed by atoms with E-state index in [9.17, 15) is 0 Å². The Hall–Kier alpha value is -4.65. The monoisotopic (exact) mass is 578 g/mol. The Morgan fingerprint density at radius 1 is 0.571 bits per heavy atom. The van der Waals surface area contributed by atoms with E-state index in [2.05, 4.69) is 103 Å². The Balaban J connectivity index is 1.43. The van der Waals surface area contributed by atoms with Gasteiger partial charge in [0.15, 0.2) is 17.5 Å². The van der Waals surface area contributed by atoms with Crippen LogP contribution in [0.1, 0.15) is 25.0 Å². The zero-order chi connectivity index (χ0) is 28.3. The van der Waals surface area contributed by atoms with Gasteiger partial charge in [0.25, 0.3) is 0 Å². The van der Waals surface area contributed by atoms with Crippen molar-refractivity contribution in [2.45, 2.75) is 19.3 Å². The van der Waals surface area contributed by atoms with Crippen molar-refractivity contribution in [2.75, 3.05) is 4.90 Å². The number of hydrogen-bond donors (Lipinski definition) is 0. The normalized spacial score (nSPS) is 13.6. The summed E-state index contributed by atoms with van der Waals surface area (Å²) in [5.74, 6) is 2.02. The molecule has 7 aromatic rings. The maximum atomic E-state index is 5.16. The van der Waals surface area contributed by atoms with Gasteiger partial charge in [0, 0.05) is 21.2 Å². The molecule has 3 aromatic heterocycles. The number of anilines is 3. The van der Waals surface area contributed by atoms with E-state index in [-0.39, 0.29) is 5.41 Å². The van der Waals surface area contributed by atoms with Crippen LogP contribution >= 0.6 is 22.7 Å². The van der Waals surface area contributed by atoms with E-state index in [0.717, 1.165) is 21.7 Å². The van der Waals surface area contributed by atoms with E-state index in [1.54, 1.807) is 22.7 Å². The predicted octanol–water partition coefficient (Wildman–Crippen LogP) is 10.3. The van der Waals surface area contributed by atoms with E-state index >= 15 is 0 Å². The zero-order valence-electron chi connectivity index (χ0n) is 23.2. The fourth-order valence-corrected chi connectivity index (χ4v) is 8.35. The second-order valence-electron chi connectivity index (χ2n) is 10.9. The zero-order valence-corrected chi connectivity index (χ0v) is 24.8. The quantitative estimate of drug-likeness (QED) is 0.208. The molecule has 4 nitrogen and oxygen atoms in total. The predicted molar refractivity (Wildman–Crippen MR) is 176 cm³/mol. The topological polar surface area (TPSA) is 41.9 Å². The minimum atomic E-state index is -0.132. The molecule has 4 heterocycles. The molecule has 42 heavy (non-hydrogen) atoms. The van der Waals surface area contributed by atoms with E-state index in [4.69, 9.17) is 15.0 Å². The summed E-state index contributed by atoms with van der Waals surface area (Å²) >= 11 is 3.54. The third-order valence-corrected chi connectivity index (χ3v) is 10.2. The van der Waals surface area contributed by atoms with Gasteiger partial charge in [-0.3, -0.25) is 0 Å². The van der Waals surface area contributed by atoms with Crippen LogP contribution in [0.5, 0.6) is 0 Å². The first-order valence-electron chi connectivity index (χ1n) is 14.0. The molecule has 0 unspecified atom stereocenters. The van der Waals surface area contributed by atoms with Crippen LogP contribution in [0, 0.1) is 0 Å². The molecule has 0 amide bonds. The highest BCUT2D eigenvalue weighted by Gasteiger charge is 2.38. The number of hydrogen-bond acceptors (Lipinski definition) is 6. The average Bonchev–Trinajstić information content (AvgIpc) is 3.64. The highest BCUT2D eigenvalue weighted by Crippen LogP contribution is 2.57. The van der Waals surface area contributed by atoms with Crippen molar-refractivity contribution in [3.05, 3.63) is 132 Å². The van der Waals surface area contributed by atoms with Crippen LogP contribution in [0.15, 0.2) is 121 Å². The van der Waals surface area contributed by atoms with Gasteiger partial charge in [-0.1, -0.05) is 111 Å². The second kappa shape index (κ2) is 9.72. The molecule has 4 aromatic carbocycles. The Bertz CT molecular complexity index is 1970. The van der Waals surface area contributed by atoms with Crippen molar-refractivity contribution >= 4 is 48.4 Å². The number of benzene rings is 4. The molecule has 202 valence electrons. The van der Waals surface area contributed by atoms with Crippen LogP contribution in [0.4, 0.5) is 16.4 Å². The minimum absolute atomic E-state index is 0.132. The van der Waals surface area contributed by atoms with Crippen molar-refractivity contribution in [3.63, 3.8) is 0 Å². The van der Waals surface area contributed by atoms with Crippen molar-refractivity contribution in [3.8, 4) is 34.2 Å². The summed E-state index contributed by atoms with van der Waals surface area (Å²) in [5, 5.41) is 3.28. The first-order chi connectivity index (χ1) is 20.6. The lowest BCUT2D eigenvalue weighted by Crippen LogP contribution is -2.30. The average molecular weight is 579 g/mol. The molecule has 0 saturated carbocycles. The maximum Gasteiger partial charge on any atom is 0.168 e. The first kappa shape index (κ1) is 25.1. The Morgan fingerprint density at radius 3 is 1.64 bits per heavy atom. The third-order valence-electron chi connectivity index (χ3n) is 8.04. The van der Waals surface area contributed by atoms with Gasteiger partial charge in [-0.15, -0.1) is 22.7 Å². The molecule has 6 heteroatoms. The lowest BCUT2D eigenvalue weighted by atomic mass is 9.74. The Morgan fingerprint density at radius 2 is 1.07 bits per heavy atom. The molecule has 0 atom stereocenters. The fraction of sp³-hybridized carbons (Fsp3) is 0.0833. The summed E-state index contributed by atoms with van der Waals surface area (Å²) in [4.78, 5) is 17.7. The lowest BCUT2D eigenvalue weighted by Gasteiger charge is -2.41. The number of nitrogens with zero attached hydrogens (tertiary/aromatic N) is 4. The standard InChI is InChI=1S/C36H26N4S2/c1-36(2)25-17-9-11-19-27(25)40(28-20-12-10-18-26(28)36)35-30(31-29(42-35)21-22-41-31)34-38-32(23-13-5-3-6-14-23)37-33(39-34)24-15-7-4-8-16-24/h3-22H,1-2H3. The summed E-state index contributed by atoms with van der Waals surface area (Å²) in [6, 6.07) is 40.1. The smallest absolute Gasteiger partial charge is 0.168 e. The van der Waals surface area contributed by atoms with Gasteiger partial charge in [0.05, 0.1) is 21.6 Å². The molecule has 1 aliphatic heterocycles. The summed E-state index contributed by atoms with van der Waals surface area (Å²) in [5.41, 5.74) is 7.84. The van der Waals surface area contributed by atoms with Crippen LogP contribution in [0.25, 0.3) is 43.6 Å². The van der Waals surface area contributed by atoms with Gasteiger partial charge < -0.3 is 4.90 Å². The van der Waals surface area contributed by atoms with E-state index in [1.165, 1.54) is 31.9 Å². The molecule has 8 rings (SSSR count). The summed E-state index contributed by atoms with van der Waals surface area (Å²) in [7, 11) is 0. The summed E-state index contributed by atoms with van der Waals surface area (Å²) in [6.45, 7) is 4.64. The van der Waals surface area contributed by atoms with Crippen LogP contribution in [0.2, 0.25) is 0 Å². The SMILES string of the molecule is CC1(C)c2ccccc2N(c2sc3ccsc3c2-c2nc(-c3ccccc3)nc(-c3ccccc3)n2)c2ccccc21. The van der Waals surface area contributed by atoms with E-state index < -0.39 is 0 Å². The number of para-hydroxylation sites is 2. The van der Waals surface area contributed by atoms with Crippen LogP contribution < -0.4 is 4.90 Å². The molecule has 0 aliphatic carbocycles. The third kappa shape index (κ3) is 3.91. The highest BCUT2D eigenvalue weighted by atomic mass is 32.1. The molecule has 0 saturated heterocycles. The van der Waals surface area contributed by atoms with Gasteiger partial charge >= 0.3 is 0 Å². The molecule has 0 spiro atoms. The maximum absolute atomic E-state index is 5.16. The van der Waals surface area contributed by atoms with E-state index in [1.807, 2.05) is 36.4 Å². The van der Waals surface area contributed by atoms with E-state index in [0.29, 0.717) is 17.5 Å². The molecule has 0 bridgehead atoms. The molecule has 1 aliphatic rings. The van der Waals surface area contributed by atoms with Crippen molar-refractivity contribution in [2.24, 2.45) is 0 Å². The highest BCUT2D eigenvalue weighted by molar-refractivity contribution is 7.30. The van der Waals surface area contributed by atoms with Gasteiger partial charge in [-0.2, -0.15) is 0 Å². The van der Waals surface area contributed by atoms with Gasteiger partial charge in [-0.25, -0.2) is 15.0 Å². The fourth-order valence-electron chi connectivity index (χ4n) is 5.98. The lowest BCUT2D eigenvalue weighted by molar-refractivity contribution is 0.632. The van der Waals surface area contributed by atoms with Crippen LogP contribution in [-0.2, 0) is 5.41 Å². The number of aromatic nitrogens is 3. The second-order valence-corrected chi connectivity index (χ2v) is 12.9. The largest absolute Gasteiger partial charge is 0.301 e. The molecule has 0 radical (unpaired) electrons. The molecule has 0 N–H and O–H groups in total. The van der Waals surface area contributed by atoms with Crippen LogP contribution in [0.3, 0.4) is 0 Å². The molecule has 0 fully saturated rings. The van der Waals surface area contributed by atoms with Crippen molar-refractivity contribution in [1.29, 1.82) is 0 Å². The van der Waals surface area contributed by atoms with Crippen LogP contribution in [-0.4, -0.2) is 15.0 Å². The van der Waals surface area contributed by atoms with Gasteiger partial charge in [-0.05, 0) is 34.7 Å². The van der Waals surface area contributed by atoms with Crippen molar-refractivity contribution in [1.82, 2.24) is 15.0 Å². The number of rotatable bonds is 4. The van der Waals surface area contributed by atoms with Gasteiger partial charge in [0.1, 0.15) is 5.00 Å². The molecular formula is C36H26N4S2. The minimum Gasteiger partial charge on any atom is -0.301 e. The summed E-state index contributed by atoms with van der Waals surface area (Å²) < 4.78 is 2.42. The van der Waals surface area contributed by atoms with Crippen molar-refractivity contribution < 1.29 is 0 Å². The molecular weight excluding hydrogens is 553 g/mol.